The van der Waals surface area contributed by atoms with Gasteiger partial charge in [0, 0.05) is 19.2 Å². The molecule has 1 N–H and O–H groups in total. The molecule has 1 aromatic heterocycles. The molecular weight excluding hydrogens is 194 g/mol. The molecule has 15 heavy (non-hydrogen) atoms. The minimum Gasteiger partial charge on any atom is -0.475 e. The lowest BCUT2D eigenvalue weighted by Gasteiger charge is -2.18. The average molecular weight is 209 g/mol. The minimum atomic E-state index is -1.05. The van der Waals surface area contributed by atoms with Gasteiger partial charge in [-0.3, -0.25) is 0 Å². The summed E-state index contributed by atoms with van der Waals surface area (Å²) in [5, 5.41) is 8.71. The lowest BCUT2D eigenvalue weighted by molar-refractivity contribution is 0.0663. The second-order valence-corrected chi connectivity index (χ2v) is 3.18. The molecule has 1 aromatic rings. The molecule has 0 bridgehead atoms. The highest BCUT2D eigenvalue weighted by Crippen LogP contribution is 2.18. The van der Waals surface area contributed by atoms with Crippen LogP contribution in [0.25, 0.3) is 0 Å². The molecule has 0 aliphatic heterocycles. The smallest absolute Gasteiger partial charge is 0.371 e. The van der Waals surface area contributed by atoms with Crippen molar-refractivity contribution in [2.45, 2.75) is 13.3 Å². The predicted octanol–water partition coefficient (Wildman–Crippen LogP) is 2.38. The van der Waals surface area contributed by atoms with Crippen LogP contribution >= 0.6 is 0 Å². The van der Waals surface area contributed by atoms with E-state index in [1.807, 2.05) is 4.90 Å². The molecule has 0 amide bonds. The fraction of sp³-hybridized carbons (Fsp3) is 0.364. The van der Waals surface area contributed by atoms with E-state index in [1.165, 1.54) is 6.07 Å². The van der Waals surface area contributed by atoms with Crippen molar-refractivity contribution in [3.8, 4) is 0 Å². The van der Waals surface area contributed by atoms with E-state index in [4.69, 9.17) is 9.52 Å². The number of hydrogen-bond donors (Lipinski definition) is 1. The van der Waals surface area contributed by atoms with Crippen molar-refractivity contribution in [2.75, 3.05) is 18.0 Å². The van der Waals surface area contributed by atoms with Gasteiger partial charge in [0.15, 0.2) is 5.88 Å². The number of carboxylic acids is 1. The largest absolute Gasteiger partial charge is 0.475 e. The summed E-state index contributed by atoms with van der Waals surface area (Å²) in [5.41, 5.74) is 0. The summed E-state index contributed by atoms with van der Waals surface area (Å²) in [4.78, 5) is 12.6. The zero-order valence-corrected chi connectivity index (χ0v) is 8.77. The molecule has 0 spiro atoms. The average Bonchev–Trinajstić information content (AvgIpc) is 2.66. The summed E-state index contributed by atoms with van der Waals surface area (Å²) < 4.78 is 5.19. The Labute approximate surface area is 88.8 Å². The molecular formula is C11H15NO3. The Bertz CT molecular complexity index is 343. The summed E-state index contributed by atoms with van der Waals surface area (Å²) in [6, 6.07) is 3.13. The fourth-order valence-electron chi connectivity index (χ4n) is 1.33. The van der Waals surface area contributed by atoms with Gasteiger partial charge in [-0.05, 0) is 12.5 Å². The number of furan rings is 1. The predicted molar refractivity (Wildman–Crippen MR) is 58.4 cm³/mol. The summed E-state index contributed by atoms with van der Waals surface area (Å²) in [6.07, 6.45) is 2.73. The first-order chi connectivity index (χ1) is 7.19. The molecule has 0 aliphatic rings. The Hall–Kier alpha value is -1.71. The van der Waals surface area contributed by atoms with Gasteiger partial charge >= 0.3 is 5.97 Å². The highest BCUT2D eigenvalue weighted by molar-refractivity contribution is 5.84. The van der Waals surface area contributed by atoms with Crippen LogP contribution in [0.5, 0.6) is 0 Å². The van der Waals surface area contributed by atoms with Crippen molar-refractivity contribution in [3.63, 3.8) is 0 Å². The number of anilines is 1. The second kappa shape index (κ2) is 5.24. The summed E-state index contributed by atoms with van der Waals surface area (Å²) in [7, 11) is 0. The maximum atomic E-state index is 10.6. The number of carbonyl (C=O) groups is 1. The van der Waals surface area contributed by atoms with E-state index in [9.17, 15) is 4.79 Å². The van der Waals surface area contributed by atoms with Crippen LogP contribution in [0.2, 0.25) is 0 Å². The van der Waals surface area contributed by atoms with Gasteiger partial charge in [-0.15, -0.1) is 6.58 Å². The topological polar surface area (TPSA) is 53.7 Å². The zero-order valence-electron chi connectivity index (χ0n) is 8.77. The van der Waals surface area contributed by atoms with Crippen molar-refractivity contribution < 1.29 is 14.3 Å². The van der Waals surface area contributed by atoms with E-state index < -0.39 is 5.97 Å². The second-order valence-electron chi connectivity index (χ2n) is 3.18. The first-order valence-electron chi connectivity index (χ1n) is 4.88. The fourth-order valence-corrected chi connectivity index (χ4v) is 1.33. The van der Waals surface area contributed by atoms with Crippen molar-refractivity contribution in [1.82, 2.24) is 0 Å². The third-order valence-corrected chi connectivity index (χ3v) is 1.96. The van der Waals surface area contributed by atoms with Crippen LogP contribution in [-0.2, 0) is 0 Å². The molecule has 0 fully saturated rings. The molecule has 1 heterocycles. The number of aromatic carboxylic acids is 1. The van der Waals surface area contributed by atoms with E-state index in [1.54, 1.807) is 12.1 Å². The van der Waals surface area contributed by atoms with E-state index >= 15 is 0 Å². The maximum Gasteiger partial charge on any atom is 0.371 e. The Morgan fingerprint density at radius 1 is 1.67 bits per heavy atom. The van der Waals surface area contributed by atoms with Gasteiger partial charge < -0.3 is 14.4 Å². The molecule has 4 nitrogen and oxygen atoms in total. The normalized spacial score (nSPS) is 9.93. The standard InChI is InChI=1S/C11H15NO3/c1-3-7-12(8-4-2)10-6-5-9(15-10)11(13)14/h3,5-6H,1,4,7-8H2,2H3,(H,13,14). The quantitative estimate of drug-likeness (QED) is 0.731. The molecule has 0 aliphatic carbocycles. The lowest BCUT2D eigenvalue weighted by Crippen LogP contribution is -2.23. The van der Waals surface area contributed by atoms with E-state index in [0.29, 0.717) is 12.4 Å². The highest BCUT2D eigenvalue weighted by Gasteiger charge is 2.12. The Morgan fingerprint density at radius 3 is 2.87 bits per heavy atom. The van der Waals surface area contributed by atoms with Crippen LogP contribution in [-0.4, -0.2) is 24.2 Å². The molecule has 4 heteroatoms. The van der Waals surface area contributed by atoms with Gasteiger partial charge in [0.1, 0.15) is 0 Å². The van der Waals surface area contributed by atoms with Crippen LogP contribution in [0.4, 0.5) is 5.88 Å². The number of rotatable bonds is 6. The van der Waals surface area contributed by atoms with Crippen LogP contribution < -0.4 is 4.90 Å². The maximum absolute atomic E-state index is 10.6. The lowest BCUT2D eigenvalue weighted by atomic mass is 10.4. The Morgan fingerprint density at radius 2 is 2.40 bits per heavy atom. The highest BCUT2D eigenvalue weighted by atomic mass is 16.4. The van der Waals surface area contributed by atoms with Gasteiger partial charge in [0.25, 0.3) is 0 Å². The molecule has 0 saturated heterocycles. The van der Waals surface area contributed by atoms with Gasteiger partial charge in [-0.1, -0.05) is 13.0 Å². The monoisotopic (exact) mass is 209 g/mol. The van der Waals surface area contributed by atoms with Crippen LogP contribution in [0.15, 0.2) is 29.2 Å². The summed E-state index contributed by atoms with van der Waals surface area (Å²) in [5.74, 6) is -0.499. The van der Waals surface area contributed by atoms with Gasteiger partial charge in [-0.25, -0.2) is 4.79 Å². The number of hydrogen-bond acceptors (Lipinski definition) is 3. The zero-order chi connectivity index (χ0) is 11.3. The molecule has 1 rings (SSSR count). The Kier molecular flexibility index (Phi) is 3.97. The van der Waals surface area contributed by atoms with Gasteiger partial charge in [0.05, 0.1) is 0 Å². The van der Waals surface area contributed by atoms with Crippen molar-refractivity contribution in [1.29, 1.82) is 0 Å². The van der Waals surface area contributed by atoms with E-state index in [-0.39, 0.29) is 5.76 Å². The van der Waals surface area contributed by atoms with Gasteiger partial charge in [0.2, 0.25) is 5.76 Å². The Balaban J connectivity index is 2.80. The van der Waals surface area contributed by atoms with E-state index in [2.05, 4.69) is 13.5 Å². The molecule has 82 valence electrons. The van der Waals surface area contributed by atoms with Crippen molar-refractivity contribution in [2.24, 2.45) is 0 Å². The van der Waals surface area contributed by atoms with Crippen LogP contribution in [0.3, 0.4) is 0 Å². The summed E-state index contributed by atoms with van der Waals surface area (Å²) >= 11 is 0. The summed E-state index contributed by atoms with van der Waals surface area (Å²) in [6.45, 7) is 7.17. The van der Waals surface area contributed by atoms with Gasteiger partial charge in [-0.2, -0.15) is 0 Å². The number of carboxylic acid groups (broad SMARTS) is 1. The van der Waals surface area contributed by atoms with Crippen LogP contribution in [0, 0.1) is 0 Å². The third kappa shape index (κ3) is 2.87. The third-order valence-electron chi connectivity index (χ3n) is 1.96. The molecule has 0 saturated carbocycles. The molecule has 0 atom stereocenters. The first kappa shape index (κ1) is 11.4. The van der Waals surface area contributed by atoms with Crippen LogP contribution in [0.1, 0.15) is 23.9 Å². The number of nitrogens with zero attached hydrogens (tertiary/aromatic N) is 1. The molecule has 0 unspecified atom stereocenters. The van der Waals surface area contributed by atoms with Crippen molar-refractivity contribution >= 4 is 11.9 Å². The molecule has 0 aromatic carbocycles. The molecule has 0 radical (unpaired) electrons. The SMILES string of the molecule is C=CCN(CCC)c1ccc(C(=O)O)o1. The first-order valence-corrected chi connectivity index (χ1v) is 4.88. The minimum absolute atomic E-state index is 0.0323. The van der Waals surface area contributed by atoms with E-state index in [0.717, 1.165) is 13.0 Å². The van der Waals surface area contributed by atoms with Crippen molar-refractivity contribution in [3.05, 3.63) is 30.5 Å².